The molecule has 2 aliphatic rings. The highest BCUT2D eigenvalue weighted by Crippen LogP contribution is 2.34. The van der Waals surface area contributed by atoms with Gasteiger partial charge < -0.3 is 9.88 Å². The molecule has 0 amide bonds. The van der Waals surface area contributed by atoms with Crippen LogP contribution in [-0.4, -0.2) is 46.1 Å². The summed E-state index contributed by atoms with van der Waals surface area (Å²) < 4.78 is 2.42. The molecule has 4 heterocycles. The van der Waals surface area contributed by atoms with Gasteiger partial charge in [-0.1, -0.05) is 0 Å². The second-order valence-corrected chi connectivity index (χ2v) is 6.32. The van der Waals surface area contributed by atoms with Crippen molar-refractivity contribution in [3.8, 4) is 0 Å². The Bertz CT molecular complexity index is 629. The molecule has 2 unspecified atom stereocenters. The molecule has 2 fully saturated rings. The lowest BCUT2D eigenvalue weighted by molar-refractivity contribution is 0.282. The number of pyridine rings is 1. The van der Waals surface area contributed by atoms with Gasteiger partial charge in [0, 0.05) is 18.8 Å². The van der Waals surface area contributed by atoms with Gasteiger partial charge in [-0.2, -0.15) is 0 Å². The van der Waals surface area contributed by atoms with Crippen LogP contribution in [0.3, 0.4) is 0 Å². The Kier molecular flexibility index (Phi) is 3.39. The van der Waals surface area contributed by atoms with Crippen molar-refractivity contribution in [1.29, 1.82) is 0 Å². The van der Waals surface area contributed by atoms with Gasteiger partial charge >= 0.3 is 0 Å². The molecule has 2 aliphatic heterocycles. The number of piperidine rings is 1. The van der Waals surface area contributed by atoms with Crippen LogP contribution in [0.25, 0.3) is 11.2 Å². The molecule has 0 radical (unpaired) electrons. The number of hydrogen-bond acceptors (Lipinski definition) is 4. The molecule has 0 saturated carbocycles. The molecule has 1 N–H and O–H groups in total. The highest BCUT2D eigenvalue weighted by Gasteiger charge is 2.31. The first-order valence-electron chi connectivity index (χ1n) is 8.08. The van der Waals surface area contributed by atoms with E-state index < -0.39 is 0 Å². The quantitative estimate of drug-likeness (QED) is 0.918. The van der Waals surface area contributed by atoms with Crippen molar-refractivity contribution in [2.45, 2.75) is 37.8 Å². The Hall–Kier alpha value is -1.46. The fourth-order valence-electron chi connectivity index (χ4n) is 3.83. The van der Waals surface area contributed by atoms with Crippen molar-refractivity contribution in [1.82, 2.24) is 24.8 Å². The van der Waals surface area contributed by atoms with Crippen LogP contribution >= 0.6 is 0 Å². The lowest BCUT2D eigenvalue weighted by Crippen LogP contribution is -2.33. The molecular weight excluding hydrogens is 262 g/mol. The first-order valence-corrected chi connectivity index (χ1v) is 8.08. The molecule has 4 rings (SSSR count). The van der Waals surface area contributed by atoms with Crippen LogP contribution in [0.5, 0.6) is 0 Å². The molecule has 0 bridgehead atoms. The highest BCUT2D eigenvalue weighted by molar-refractivity contribution is 5.71. The molecule has 0 aliphatic carbocycles. The van der Waals surface area contributed by atoms with Gasteiger partial charge in [0.2, 0.25) is 0 Å². The van der Waals surface area contributed by atoms with Crippen molar-refractivity contribution in [3.05, 3.63) is 24.2 Å². The zero-order chi connectivity index (χ0) is 14.2. The van der Waals surface area contributed by atoms with Gasteiger partial charge in [-0.3, -0.25) is 4.90 Å². The Labute approximate surface area is 125 Å². The average molecular weight is 285 g/mol. The predicted molar refractivity (Wildman–Crippen MR) is 83.3 cm³/mol. The zero-order valence-electron chi connectivity index (χ0n) is 12.6. The van der Waals surface area contributed by atoms with Gasteiger partial charge in [0.25, 0.3) is 0 Å². The van der Waals surface area contributed by atoms with Gasteiger partial charge in [0.05, 0.1) is 6.04 Å². The summed E-state index contributed by atoms with van der Waals surface area (Å²) in [6.07, 6.45) is 6.81. The van der Waals surface area contributed by atoms with Crippen LogP contribution in [0.1, 0.15) is 43.6 Å². The topological polar surface area (TPSA) is 46.0 Å². The molecule has 21 heavy (non-hydrogen) atoms. The monoisotopic (exact) mass is 285 g/mol. The molecule has 0 aromatic carbocycles. The van der Waals surface area contributed by atoms with Crippen molar-refractivity contribution in [2.75, 3.05) is 26.7 Å². The number of likely N-dealkylation sites (tertiary alicyclic amines) is 1. The summed E-state index contributed by atoms with van der Waals surface area (Å²) in [5.41, 5.74) is 2.10. The maximum Gasteiger partial charge on any atom is 0.160 e. The van der Waals surface area contributed by atoms with Crippen LogP contribution in [-0.2, 0) is 0 Å². The summed E-state index contributed by atoms with van der Waals surface area (Å²) in [7, 11) is 2.22. The lowest BCUT2D eigenvalue weighted by Gasteiger charge is -2.28. The molecule has 2 saturated heterocycles. The molecule has 2 atom stereocenters. The van der Waals surface area contributed by atoms with Gasteiger partial charge in [0.15, 0.2) is 5.65 Å². The van der Waals surface area contributed by atoms with Crippen molar-refractivity contribution in [3.63, 3.8) is 0 Å². The van der Waals surface area contributed by atoms with E-state index in [4.69, 9.17) is 4.98 Å². The van der Waals surface area contributed by atoms with E-state index in [2.05, 4.69) is 32.9 Å². The summed E-state index contributed by atoms with van der Waals surface area (Å²) >= 11 is 0. The van der Waals surface area contributed by atoms with E-state index in [9.17, 15) is 0 Å². The van der Waals surface area contributed by atoms with Crippen molar-refractivity contribution < 1.29 is 0 Å². The molecular formula is C16H23N5. The fraction of sp³-hybridized carbons (Fsp3) is 0.625. The largest absolute Gasteiger partial charge is 0.315 e. The van der Waals surface area contributed by atoms with E-state index >= 15 is 0 Å². The van der Waals surface area contributed by atoms with E-state index in [0.29, 0.717) is 12.1 Å². The van der Waals surface area contributed by atoms with Crippen LogP contribution < -0.4 is 5.32 Å². The third-order valence-corrected chi connectivity index (χ3v) is 4.93. The SMILES string of the molecule is CN1CCCC1c1nc2cccnc2n1C1CCCNC1. The Morgan fingerprint density at radius 3 is 3.00 bits per heavy atom. The van der Waals surface area contributed by atoms with Crippen LogP contribution in [0.4, 0.5) is 0 Å². The van der Waals surface area contributed by atoms with Crippen LogP contribution in [0.15, 0.2) is 18.3 Å². The number of imidazole rings is 1. The number of nitrogens with one attached hydrogen (secondary N) is 1. The third-order valence-electron chi connectivity index (χ3n) is 4.93. The third kappa shape index (κ3) is 2.24. The summed E-state index contributed by atoms with van der Waals surface area (Å²) in [6, 6.07) is 5.01. The van der Waals surface area contributed by atoms with Crippen molar-refractivity contribution in [2.24, 2.45) is 0 Å². The van der Waals surface area contributed by atoms with E-state index in [-0.39, 0.29) is 0 Å². The first-order chi connectivity index (χ1) is 10.3. The maximum absolute atomic E-state index is 4.95. The van der Waals surface area contributed by atoms with Crippen molar-refractivity contribution >= 4 is 11.2 Å². The minimum absolute atomic E-state index is 0.445. The Morgan fingerprint density at radius 2 is 2.24 bits per heavy atom. The van der Waals surface area contributed by atoms with E-state index in [0.717, 1.165) is 24.3 Å². The highest BCUT2D eigenvalue weighted by atomic mass is 15.2. The molecule has 5 nitrogen and oxygen atoms in total. The van der Waals surface area contributed by atoms with E-state index in [1.54, 1.807) is 0 Å². The molecule has 2 aromatic heterocycles. The predicted octanol–water partition coefficient (Wildman–Crippen LogP) is 2.12. The molecule has 112 valence electrons. The fourth-order valence-corrected chi connectivity index (χ4v) is 3.83. The number of nitrogens with zero attached hydrogens (tertiary/aromatic N) is 4. The van der Waals surface area contributed by atoms with E-state index in [1.807, 2.05) is 12.3 Å². The Balaban J connectivity index is 1.84. The molecule has 0 spiro atoms. The van der Waals surface area contributed by atoms with Crippen LogP contribution in [0, 0.1) is 0 Å². The van der Waals surface area contributed by atoms with Gasteiger partial charge in [-0.05, 0) is 58.0 Å². The standard InChI is InChI=1S/C16H23N5/c1-20-10-4-7-14(20)16-19-13-6-3-9-18-15(13)21(16)12-5-2-8-17-11-12/h3,6,9,12,14,17H,2,4-5,7-8,10-11H2,1H3. The molecule has 5 heteroatoms. The summed E-state index contributed by atoms with van der Waals surface area (Å²) in [4.78, 5) is 12.0. The number of aromatic nitrogens is 3. The number of hydrogen-bond donors (Lipinski definition) is 1. The first kappa shape index (κ1) is 13.2. The lowest BCUT2D eigenvalue weighted by atomic mass is 10.1. The number of rotatable bonds is 2. The smallest absolute Gasteiger partial charge is 0.160 e. The second kappa shape index (κ2) is 5.39. The van der Waals surface area contributed by atoms with Gasteiger partial charge in [-0.25, -0.2) is 9.97 Å². The number of fused-ring (bicyclic) bond motifs is 1. The zero-order valence-corrected chi connectivity index (χ0v) is 12.6. The Morgan fingerprint density at radius 1 is 1.29 bits per heavy atom. The van der Waals surface area contributed by atoms with E-state index in [1.165, 1.54) is 38.1 Å². The maximum atomic E-state index is 4.95. The van der Waals surface area contributed by atoms with Gasteiger partial charge in [-0.15, -0.1) is 0 Å². The van der Waals surface area contributed by atoms with Gasteiger partial charge in [0.1, 0.15) is 11.3 Å². The normalized spacial score (nSPS) is 27.5. The summed E-state index contributed by atoms with van der Waals surface area (Å²) in [6.45, 7) is 3.34. The minimum Gasteiger partial charge on any atom is -0.315 e. The van der Waals surface area contributed by atoms with Crippen LogP contribution in [0.2, 0.25) is 0 Å². The average Bonchev–Trinajstić information content (AvgIpc) is 3.11. The minimum atomic E-state index is 0.445. The second-order valence-electron chi connectivity index (χ2n) is 6.32. The summed E-state index contributed by atoms with van der Waals surface area (Å²) in [5, 5.41) is 3.53. The molecule has 2 aromatic rings. The summed E-state index contributed by atoms with van der Waals surface area (Å²) in [5.74, 6) is 1.22.